The van der Waals surface area contributed by atoms with Crippen molar-refractivity contribution in [1.29, 1.82) is 0 Å². The monoisotopic (exact) mass is 336 g/mol. The molecular formula is C18H25FN2O3. The van der Waals surface area contributed by atoms with E-state index in [1.54, 1.807) is 12.1 Å². The Bertz CT molecular complexity index is 615. The van der Waals surface area contributed by atoms with E-state index < -0.39 is 11.4 Å². The second-order valence-corrected chi connectivity index (χ2v) is 7.67. The van der Waals surface area contributed by atoms with Crippen molar-refractivity contribution in [3.8, 4) is 5.75 Å². The minimum atomic E-state index is -0.503. The van der Waals surface area contributed by atoms with Crippen LogP contribution in [0.15, 0.2) is 18.2 Å². The summed E-state index contributed by atoms with van der Waals surface area (Å²) in [6, 6.07) is 4.65. The number of amides is 1. The number of carbonyl (C=O) groups is 1. The highest BCUT2D eigenvalue weighted by atomic mass is 19.1. The van der Waals surface area contributed by atoms with Crippen molar-refractivity contribution in [2.45, 2.75) is 70.2 Å². The highest BCUT2D eigenvalue weighted by Gasteiger charge is 2.45. The fraction of sp³-hybridized carbons (Fsp3) is 0.611. The van der Waals surface area contributed by atoms with Gasteiger partial charge in [-0.2, -0.15) is 0 Å². The number of piperidine rings is 1. The maximum absolute atomic E-state index is 13.9. The predicted molar refractivity (Wildman–Crippen MR) is 89.3 cm³/mol. The number of anilines is 1. The van der Waals surface area contributed by atoms with Crippen molar-refractivity contribution in [1.82, 2.24) is 4.90 Å². The molecule has 1 aromatic rings. The Balaban J connectivity index is 1.66. The van der Waals surface area contributed by atoms with Gasteiger partial charge in [-0.25, -0.2) is 9.18 Å². The lowest BCUT2D eigenvalue weighted by molar-refractivity contribution is -0.00753. The lowest BCUT2D eigenvalue weighted by atomic mass is 10.00. The molecule has 2 aliphatic heterocycles. The Morgan fingerprint density at radius 2 is 1.88 bits per heavy atom. The predicted octanol–water partition coefficient (Wildman–Crippen LogP) is 3.72. The van der Waals surface area contributed by atoms with E-state index in [0.717, 1.165) is 12.8 Å². The largest absolute Gasteiger partial charge is 0.487 e. The Morgan fingerprint density at radius 3 is 2.42 bits per heavy atom. The molecule has 0 spiro atoms. The summed E-state index contributed by atoms with van der Waals surface area (Å²) in [5, 5.41) is 0. The van der Waals surface area contributed by atoms with Crippen molar-refractivity contribution >= 4 is 11.8 Å². The average molecular weight is 336 g/mol. The molecule has 0 saturated carbocycles. The summed E-state index contributed by atoms with van der Waals surface area (Å²) in [5.41, 5.74) is 5.43. The lowest BCUT2D eigenvalue weighted by Gasteiger charge is -2.39. The number of hydrogen-bond donors (Lipinski definition) is 1. The second-order valence-electron chi connectivity index (χ2n) is 7.67. The normalized spacial score (nSPS) is 26.3. The Hall–Kier alpha value is -1.98. The maximum Gasteiger partial charge on any atom is 0.410 e. The van der Waals surface area contributed by atoms with Crippen LogP contribution in [-0.4, -0.2) is 34.8 Å². The highest BCUT2D eigenvalue weighted by molar-refractivity contribution is 5.69. The smallest absolute Gasteiger partial charge is 0.410 e. The molecule has 1 aromatic carbocycles. The van der Waals surface area contributed by atoms with Crippen LogP contribution in [0.25, 0.3) is 0 Å². The van der Waals surface area contributed by atoms with E-state index in [1.165, 1.54) is 6.07 Å². The molecule has 132 valence electrons. The van der Waals surface area contributed by atoms with Crippen LogP contribution in [0.4, 0.5) is 14.9 Å². The quantitative estimate of drug-likeness (QED) is 0.836. The highest BCUT2D eigenvalue weighted by Crippen LogP contribution is 2.38. The summed E-state index contributed by atoms with van der Waals surface area (Å²) in [4.78, 5) is 14.3. The zero-order valence-corrected chi connectivity index (χ0v) is 14.4. The molecule has 0 aromatic heterocycles. The van der Waals surface area contributed by atoms with Crippen molar-refractivity contribution in [2.75, 3.05) is 5.73 Å². The third-order valence-electron chi connectivity index (χ3n) is 4.54. The summed E-state index contributed by atoms with van der Waals surface area (Å²) in [5.74, 6) is -0.226. The number of benzene rings is 1. The van der Waals surface area contributed by atoms with Crippen LogP contribution in [0.2, 0.25) is 0 Å². The molecule has 3 rings (SSSR count). The number of carbonyl (C=O) groups excluding carboxylic acids is 1. The number of hydrogen-bond acceptors (Lipinski definition) is 4. The molecule has 24 heavy (non-hydrogen) atoms. The Labute approximate surface area is 141 Å². The first kappa shape index (κ1) is 16.9. The van der Waals surface area contributed by atoms with Crippen molar-refractivity contribution in [3.63, 3.8) is 0 Å². The van der Waals surface area contributed by atoms with Crippen molar-refractivity contribution in [3.05, 3.63) is 24.0 Å². The fourth-order valence-electron chi connectivity index (χ4n) is 3.63. The van der Waals surface area contributed by atoms with Gasteiger partial charge >= 0.3 is 6.09 Å². The van der Waals surface area contributed by atoms with E-state index in [-0.39, 0.29) is 30.0 Å². The molecular weight excluding hydrogens is 311 g/mol. The minimum absolute atomic E-state index is 0.0976. The van der Waals surface area contributed by atoms with Crippen molar-refractivity contribution < 1.29 is 18.7 Å². The number of halogens is 1. The number of nitrogens with two attached hydrogens (primary N) is 1. The van der Waals surface area contributed by atoms with E-state index in [2.05, 4.69) is 0 Å². The second kappa shape index (κ2) is 6.15. The summed E-state index contributed by atoms with van der Waals surface area (Å²) < 4.78 is 25.3. The zero-order valence-electron chi connectivity index (χ0n) is 14.4. The summed E-state index contributed by atoms with van der Waals surface area (Å²) in [7, 11) is 0. The first-order valence-corrected chi connectivity index (χ1v) is 8.46. The Kier molecular flexibility index (Phi) is 4.32. The number of ether oxygens (including phenoxy) is 2. The first-order valence-electron chi connectivity index (χ1n) is 8.46. The van der Waals surface area contributed by atoms with Crippen LogP contribution in [-0.2, 0) is 4.74 Å². The van der Waals surface area contributed by atoms with Crippen LogP contribution >= 0.6 is 0 Å². The summed E-state index contributed by atoms with van der Waals surface area (Å²) >= 11 is 0. The van der Waals surface area contributed by atoms with E-state index in [4.69, 9.17) is 15.2 Å². The standard InChI is InChI=1S/C18H25FN2O3/c1-18(2,3)24-17(22)21-12-5-6-13(21)10-14(9-12)23-16-7-4-11(20)8-15(16)19/h4,7-8,12-14H,5-6,9-10,20H2,1-3H3. The third kappa shape index (κ3) is 3.57. The van der Waals surface area contributed by atoms with Gasteiger partial charge in [-0.1, -0.05) is 0 Å². The third-order valence-corrected chi connectivity index (χ3v) is 4.54. The van der Waals surface area contributed by atoms with E-state index in [0.29, 0.717) is 18.5 Å². The number of fused-ring (bicyclic) bond motifs is 2. The lowest BCUT2D eigenvalue weighted by Crippen LogP contribution is -2.50. The van der Waals surface area contributed by atoms with Gasteiger partial charge in [-0.15, -0.1) is 0 Å². The van der Waals surface area contributed by atoms with Crippen LogP contribution in [0.5, 0.6) is 5.75 Å². The van der Waals surface area contributed by atoms with Crippen LogP contribution < -0.4 is 10.5 Å². The average Bonchev–Trinajstić information content (AvgIpc) is 2.72. The summed E-state index contributed by atoms with van der Waals surface area (Å²) in [6.07, 6.45) is 2.91. The first-order chi connectivity index (χ1) is 11.2. The molecule has 2 fully saturated rings. The van der Waals surface area contributed by atoms with E-state index in [9.17, 15) is 9.18 Å². The van der Waals surface area contributed by atoms with Crippen LogP contribution in [0.3, 0.4) is 0 Å². The molecule has 1 amide bonds. The number of rotatable bonds is 2. The minimum Gasteiger partial charge on any atom is -0.487 e. The molecule has 2 heterocycles. The fourth-order valence-corrected chi connectivity index (χ4v) is 3.63. The van der Waals surface area contributed by atoms with Gasteiger partial charge in [0, 0.05) is 36.7 Å². The molecule has 6 heteroatoms. The van der Waals surface area contributed by atoms with Gasteiger partial charge in [-0.3, -0.25) is 0 Å². The number of nitrogen functional groups attached to an aromatic ring is 1. The molecule has 2 unspecified atom stereocenters. The molecule has 5 nitrogen and oxygen atoms in total. The maximum atomic E-state index is 13.9. The van der Waals surface area contributed by atoms with Gasteiger partial charge in [0.05, 0.1) is 0 Å². The van der Waals surface area contributed by atoms with E-state index in [1.807, 2.05) is 25.7 Å². The SMILES string of the molecule is CC(C)(C)OC(=O)N1C2CCC1CC(Oc1ccc(N)cc1F)C2. The van der Waals surface area contributed by atoms with Crippen LogP contribution in [0, 0.1) is 5.82 Å². The van der Waals surface area contributed by atoms with E-state index >= 15 is 0 Å². The van der Waals surface area contributed by atoms with Crippen LogP contribution in [0.1, 0.15) is 46.5 Å². The van der Waals surface area contributed by atoms with Crippen molar-refractivity contribution in [2.24, 2.45) is 0 Å². The molecule has 2 bridgehead atoms. The summed E-state index contributed by atoms with van der Waals surface area (Å²) in [6.45, 7) is 5.60. The Morgan fingerprint density at radius 1 is 1.25 bits per heavy atom. The molecule has 2 aliphatic rings. The molecule has 2 N–H and O–H groups in total. The van der Waals surface area contributed by atoms with Gasteiger partial charge in [0.25, 0.3) is 0 Å². The van der Waals surface area contributed by atoms with Gasteiger partial charge in [-0.05, 0) is 45.7 Å². The molecule has 0 radical (unpaired) electrons. The van der Waals surface area contributed by atoms with Gasteiger partial charge in [0.15, 0.2) is 11.6 Å². The molecule has 0 aliphatic carbocycles. The van der Waals surface area contributed by atoms with Gasteiger partial charge < -0.3 is 20.1 Å². The van der Waals surface area contributed by atoms with Gasteiger partial charge in [0.2, 0.25) is 0 Å². The van der Waals surface area contributed by atoms with Gasteiger partial charge in [0.1, 0.15) is 11.7 Å². The molecule has 2 atom stereocenters. The number of nitrogens with zero attached hydrogens (tertiary/aromatic N) is 1. The topological polar surface area (TPSA) is 64.8 Å². The zero-order chi connectivity index (χ0) is 17.5. The molecule has 2 saturated heterocycles.